The van der Waals surface area contributed by atoms with Crippen molar-refractivity contribution < 1.29 is 14.7 Å². The van der Waals surface area contributed by atoms with E-state index in [4.69, 9.17) is 5.11 Å². The number of hydrogen-bond acceptors (Lipinski definition) is 3. The zero-order valence-corrected chi connectivity index (χ0v) is 14.4. The molecular formula is C18H23N3O4. The third-order valence-corrected chi connectivity index (χ3v) is 4.98. The normalized spacial score (nSPS) is 17.8. The molecule has 1 N–H and O–H groups in total. The molecule has 7 nitrogen and oxygen atoms in total. The number of carbonyl (C=O) groups is 2. The zero-order valence-electron chi connectivity index (χ0n) is 14.4. The molecule has 1 saturated heterocycles. The first-order valence-electron chi connectivity index (χ1n) is 8.61. The number of piperidine rings is 1. The Morgan fingerprint density at radius 3 is 2.68 bits per heavy atom. The Bertz CT molecular complexity index is 852. The van der Waals surface area contributed by atoms with Crippen LogP contribution in [0.25, 0.3) is 11.0 Å². The van der Waals surface area contributed by atoms with Gasteiger partial charge in [-0.15, -0.1) is 0 Å². The molecule has 1 aliphatic rings. The van der Waals surface area contributed by atoms with E-state index in [0.717, 1.165) is 23.9 Å². The first-order chi connectivity index (χ1) is 12.0. The van der Waals surface area contributed by atoms with Gasteiger partial charge in [0.1, 0.15) is 6.54 Å². The molecule has 0 aliphatic carbocycles. The monoisotopic (exact) mass is 345 g/mol. The van der Waals surface area contributed by atoms with Gasteiger partial charge in [-0.1, -0.05) is 12.1 Å². The third-order valence-electron chi connectivity index (χ3n) is 4.98. The molecule has 134 valence electrons. The van der Waals surface area contributed by atoms with E-state index in [9.17, 15) is 14.4 Å². The SMILES string of the molecule is Cn1c(=O)n(CC(=O)N2CCCC(CCC(=O)O)C2)c2ccccc21. The second-order valence-electron chi connectivity index (χ2n) is 6.70. The minimum atomic E-state index is -0.800. The summed E-state index contributed by atoms with van der Waals surface area (Å²) in [7, 11) is 1.70. The highest BCUT2D eigenvalue weighted by Gasteiger charge is 2.25. The van der Waals surface area contributed by atoms with Crippen molar-refractivity contribution in [1.82, 2.24) is 14.0 Å². The van der Waals surface area contributed by atoms with E-state index in [-0.39, 0.29) is 30.5 Å². The van der Waals surface area contributed by atoms with Gasteiger partial charge < -0.3 is 10.0 Å². The Morgan fingerprint density at radius 2 is 1.96 bits per heavy atom. The Kier molecular flexibility index (Phi) is 4.92. The number of likely N-dealkylation sites (tertiary alicyclic amines) is 1. The fourth-order valence-electron chi connectivity index (χ4n) is 3.61. The standard InChI is InChI=1S/C18H23N3O4/c1-19-14-6-2-3-7-15(14)21(18(19)25)12-16(22)20-10-4-5-13(11-20)8-9-17(23)24/h2-3,6-7,13H,4-5,8-12H2,1H3,(H,23,24). The van der Waals surface area contributed by atoms with Crippen molar-refractivity contribution in [2.75, 3.05) is 13.1 Å². The molecule has 1 atom stereocenters. The molecule has 3 rings (SSSR count). The summed E-state index contributed by atoms with van der Waals surface area (Å²) >= 11 is 0. The number of amides is 1. The van der Waals surface area contributed by atoms with Gasteiger partial charge >= 0.3 is 11.7 Å². The number of nitrogens with zero attached hydrogens (tertiary/aromatic N) is 3. The highest BCUT2D eigenvalue weighted by Crippen LogP contribution is 2.21. The third kappa shape index (κ3) is 3.60. The van der Waals surface area contributed by atoms with Crippen LogP contribution in [-0.4, -0.2) is 44.1 Å². The average Bonchev–Trinajstić information content (AvgIpc) is 2.85. The summed E-state index contributed by atoms with van der Waals surface area (Å²) in [6, 6.07) is 7.42. The summed E-state index contributed by atoms with van der Waals surface area (Å²) in [5.74, 6) is -0.665. The lowest BCUT2D eigenvalue weighted by Gasteiger charge is -2.32. The number of para-hydroxylation sites is 2. The Hall–Kier alpha value is -2.57. The predicted octanol–water partition coefficient (Wildman–Crippen LogP) is 1.44. The van der Waals surface area contributed by atoms with E-state index >= 15 is 0 Å². The van der Waals surface area contributed by atoms with E-state index in [1.807, 2.05) is 24.3 Å². The molecule has 1 aliphatic heterocycles. The number of carbonyl (C=O) groups excluding carboxylic acids is 1. The van der Waals surface area contributed by atoms with Crippen molar-refractivity contribution in [2.45, 2.75) is 32.2 Å². The maximum Gasteiger partial charge on any atom is 0.329 e. The lowest BCUT2D eigenvalue weighted by Crippen LogP contribution is -2.42. The number of benzene rings is 1. The van der Waals surface area contributed by atoms with Crippen LogP contribution in [0.4, 0.5) is 0 Å². The van der Waals surface area contributed by atoms with Gasteiger partial charge in [0, 0.05) is 26.6 Å². The number of hydrogen-bond donors (Lipinski definition) is 1. The molecule has 7 heteroatoms. The second kappa shape index (κ2) is 7.13. The molecule has 0 spiro atoms. The summed E-state index contributed by atoms with van der Waals surface area (Å²) in [6.45, 7) is 1.26. The molecule has 1 amide bonds. The summed E-state index contributed by atoms with van der Waals surface area (Å²) < 4.78 is 3.06. The van der Waals surface area contributed by atoms with E-state index in [0.29, 0.717) is 19.5 Å². The molecule has 1 unspecified atom stereocenters. The summed E-state index contributed by atoms with van der Waals surface area (Å²) in [6.07, 6.45) is 2.55. The molecule has 2 heterocycles. The highest BCUT2D eigenvalue weighted by molar-refractivity contribution is 5.81. The van der Waals surface area contributed by atoms with Crippen LogP contribution >= 0.6 is 0 Å². The van der Waals surface area contributed by atoms with Gasteiger partial charge in [0.2, 0.25) is 5.91 Å². The number of aliphatic carboxylic acids is 1. The molecule has 0 radical (unpaired) electrons. The molecule has 1 aromatic heterocycles. The minimum absolute atomic E-state index is 0.0197. The fraction of sp³-hybridized carbons (Fsp3) is 0.500. The van der Waals surface area contributed by atoms with Gasteiger partial charge in [-0.05, 0) is 37.3 Å². The number of carboxylic acids is 1. The van der Waals surface area contributed by atoms with Crippen molar-refractivity contribution in [3.8, 4) is 0 Å². The van der Waals surface area contributed by atoms with Crippen molar-refractivity contribution in [3.05, 3.63) is 34.7 Å². The topological polar surface area (TPSA) is 84.5 Å². The van der Waals surface area contributed by atoms with Crippen LogP contribution in [0.3, 0.4) is 0 Å². The van der Waals surface area contributed by atoms with Crippen molar-refractivity contribution >= 4 is 22.9 Å². The number of rotatable bonds is 5. The molecule has 0 bridgehead atoms. The lowest BCUT2D eigenvalue weighted by atomic mass is 9.93. The van der Waals surface area contributed by atoms with Crippen LogP contribution in [-0.2, 0) is 23.2 Å². The number of fused-ring (bicyclic) bond motifs is 1. The Morgan fingerprint density at radius 1 is 1.24 bits per heavy atom. The van der Waals surface area contributed by atoms with Gasteiger partial charge in [0.05, 0.1) is 11.0 Å². The van der Waals surface area contributed by atoms with Crippen LogP contribution < -0.4 is 5.69 Å². The van der Waals surface area contributed by atoms with E-state index < -0.39 is 5.97 Å². The maximum atomic E-state index is 12.7. The zero-order chi connectivity index (χ0) is 18.0. The summed E-state index contributed by atoms with van der Waals surface area (Å²) in [4.78, 5) is 37.6. The van der Waals surface area contributed by atoms with Crippen LogP contribution in [0.5, 0.6) is 0 Å². The van der Waals surface area contributed by atoms with Gasteiger partial charge in [-0.25, -0.2) is 4.79 Å². The molecule has 2 aromatic rings. The van der Waals surface area contributed by atoms with E-state index in [2.05, 4.69) is 0 Å². The minimum Gasteiger partial charge on any atom is -0.481 e. The van der Waals surface area contributed by atoms with Crippen molar-refractivity contribution in [2.24, 2.45) is 13.0 Å². The summed E-state index contributed by atoms with van der Waals surface area (Å²) in [5.41, 5.74) is 1.36. The van der Waals surface area contributed by atoms with Gasteiger partial charge in [-0.2, -0.15) is 0 Å². The number of carboxylic acid groups (broad SMARTS) is 1. The number of aromatic nitrogens is 2. The van der Waals surface area contributed by atoms with Gasteiger partial charge in [0.15, 0.2) is 0 Å². The molecule has 0 saturated carbocycles. The number of aryl methyl sites for hydroxylation is 1. The largest absolute Gasteiger partial charge is 0.481 e. The van der Waals surface area contributed by atoms with Crippen LogP contribution in [0.1, 0.15) is 25.7 Å². The molecule has 25 heavy (non-hydrogen) atoms. The summed E-state index contributed by atoms with van der Waals surface area (Å²) in [5, 5.41) is 8.83. The Balaban J connectivity index is 1.73. The highest BCUT2D eigenvalue weighted by atomic mass is 16.4. The van der Waals surface area contributed by atoms with Crippen molar-refractivity contribution in [1.29, 1.82) is 0 Å². The maximum absolute atomic E-state index is 12.7. The quantitative estimate of drug-likeness (QED) is 0.889. The average molecular weight is 345 g/mol. The lowest BCUT2D eigenvalue weighted by molar-refractivity contribution is -0.137. The van der Waals surface area contributed by atoms with Gasteiger partial charge in [0.25, 0.3) is 0 Å². The van der Waals surface area contributed by atoms with E-state index in [1.54, 1.807) is 16.5 Å². The smallest absolute Gasteiger partial charge is 0.329 e. The van der Waals surface area contributed by atoms with Crippen LogP contribution in [0, 0.1) is 5.92 Å². The van der Waals surface area contributed by atoms with Crippen LogP contribution in [0.15, 0.2) is 29.1 Å². The molecule has 1 aromatic carbocycles. The number of imidazole rings is 1. The van der Waals surface area contributed by atoms with Crippen LogP contribution in [0.2, 0.25) is 0 Å². The first-order valence-corrected chi connectivity index (χ1v) is 8.61. The second-order valence-corrected chi connectivity index (χ2v) is 6.70. The van der Waals surface area contributed by atoms with Gasteiger partial charge in [-0.3, -0.25) is 18.7 Å². The molecule has 1 fully saturated rings. The predicted molar refractivity (Wildman–Crippen MR) is 93.4 cm³/mol. The fourth-order valence-corrected chi connectivity index (χ4v) is 3.61. The van der Waals surface area contributed by atoms with E-state index in [1.165, 1.54) is 4.57 Å². The first kappa shape index (κ1) is 17.3. The molecular weight excluding hydrogens is 322 g/mol. The Labute approximate surface area is 145 Å². The van der Waals surface area contributed by atoms with Crippen molar-refractivity contribution in [3.63, 3.8) is 0 Å².